The van der Waals surface area contributed by atoms with E-state index in [4.69, 9.17) is 25.8 Å². The summed E-state index contributed by atoms with van der Waals surface area (Å²) in [6, 6.07) is 8.86. The average Bonchev–Trinajstić information content (AvgIpc) is 2.62. The zero-order valence-corrected chi connectivity index (χ0v) is 13.8. The smallest absolute Gasteiger partial charge is 0.310 e. The van der Waals surface area contributed by atoms with Crippen LogP contribution in [0.3, 0.4) is 0 Å². The molecule has 0 bridgehead atoms. The first-order chi connectivity index (χ1) is 12.0. The molecule has 1 heterocycles. The molecule has 0 radical (unpaired) electrons. The normalized spacial score (nSPS) is 12.6. The van der Waals surface area contributed by atoms with Crippen LogP contribution in [0.4, 0.5) is 4.39 Å². The zero-order valence-electron chi connectivity index (χ0n) is 13.1. The molecule has 0 saturated heterocycles. The minimum Gasteiger partial charge on any atom is -0.486 e. The van der Waals surface area contributed by atoms with E-state index in [1.54, 1.807) is 18.2 Å². The van der Waals surface area contributed by atoms with Crippen molar-refractivity contribution < 1.29 is 28.2 Å². The number of hydrogen-bond donors (Lipinski definition) is 0. The summed E-state index contributed by atoms with van der Waals surface area (Å²) in [5.41, 5.74) is 0.377. The van der Waals surface area contributed by atoms with Crippen molar-refractivity contribution in [2.75, 3.05) is 19.8 Å². The minimum atomic E-state index is -0.738. The molecule has 25 heavy (non-hydrogen) atoms. The quantitative estimate of drug-likeness (QED) is 0.602. The number of rotatable bonds is 5. The summed E-state index contributed by atoms with van der Waals surface area (Å²) in [6.45, 7) is 0.407. The number of carbonyl (C=O) groups is 2. The highest BCUT2D eigenvalue weighted by atomic mass is 35.5. The van der Waals surface area contributed by atoms with Crippen LogP contribution in [0.25, 0.3) is 0 Å². The fraction of sp³-hybridized carbons (Fsp3) is 0.222. The monoisotopic (exact) mass is 364 g/mol. The standard InChI is InChI=1S/C18H14ClFO5/c19-13-2-1-3-14(20)12(13)9-18(22)25-10-15(21)11-4-5-16-17(8-11)24-7-6-23-16/h1-5,8H,6-7,9-10H2. The highest BCUT2D eigenvalue weighted by molar-refractivity contribution is 6.31. The van der Waals surface area contributed by atoms with E-state index < -0.39 is 24.2 Å². The van der Waals surface area contributed by atoms with Gasteiger partial charge in [-0.15, -0.1) is 0 Å². The Kier molecular flexibility index (Phi) is 5.19. The molecule has 7 heteroatoms. The molecule has 0 N–H and O–H groups in total. The van der Waals surface area contributed by atoms with Gasteiger partial charge in [-0.2, -0.15) is 0 Å². The van der Waals surface area contributed by atoms with Gasteiger partial charge >= 0.3 is 5.97 Å². The van der Waals surface area contributed by atoms with Crippen LogP contribution in [0, 0.1) is 5.82 Å². The van der Waals surface area contributed by atoms with Gasteiger partial charge in [-0.25, -0.2) is 4.39 Å². The summed E-state index contributed by atoms with van der Waals surface area (Å²) in [6.07, 6.45) is -0.347. The Labute approximate surface area is 148 Å². The molecule has 5 nitrogen and oxygen atoms in total. The Morgan fingerprint density at radius 3 is 2.64 bits per heavy atom. The van der Waals surface area contributed by atoms with Gasteiger partial charge in [-0.3, -0.25) is 9.59 Å². The van der Waals surface area contributed by atoms with Crippen molar-refractivity contribution >= 4 is 23.4 Å². The SMILES string of the molecule is O=C(Cc1c(F)cccc1Cl)OCC(=O)c1ccc2c(c1)OCCO2. The Hall–Kier alpha value is -2.60. The van der Waals surface area contributed by atoms with Crippen molar-refractivity contribution in [1.82, 2.24) is 0 Å². The van der Waals surface area contributed by atoms with Gasteiger partial charge in [-0.1, -0.05) is 17.7 Å². The number of halogens is 2. The van der Waals surface area contributed by atoms with E-state index in [2.05, 4.69) is 0 Å². The van der Waals surface area contributed by atoms with Crippen molar-refractivity contribution in [1.29, 1.82) is 0 Å². The summed E-state index contributed by atoms with van der Waals surface area (Å²) in [7, 11) is 0. The van der Waals surface area contributed by atoms with Crippen LogP contribution in [0.1, 0.15) is 15.9 Å². The molecule has 0 spiro atoms. The van der Waals surface area contributed by atoms with Gasteiger partial charge in [0.2, 0.25) is 0 Å². The molecular formula is C18H14ClFO5. The van der Waals surface area contributed by atoms with Crippen LogP contribution in [0.15, 0.2) is 36.4 Å². The predicted octanol–water partition coefficient (Wildman–Crippen LogP) is 3.22. The lowest BCUT2D eigenvalue weighted by Gasteiger charge is -2.18. The maximum atomic E-state index is 13.7. The van der Waals surface area contributed by atoms with Crippen molar-refractivity contribution in [2.45, 2.75) is 6.42 Å². The van der Waals surface area contributed by atoms with Crippen LogP contribution in [-0.2, 0) is 16.0 Å². The van der Waals surface area contributed by atoms with Crippen LogP contribution in [0.2, 0.25) is 5.02 Å². The maximum Gasteiger partial charge on any atom is 0.310 e. The van der Waals surface area contributed by atoms with Crippen LogP contribution in [-0.4, -0.2) is 31.6 Å². The Bertz CT molecular complexity index is 801. The Morgan fingerprint density at radius 1 is 1.12 bits per heavy atom. The molecule has 130 valence electrons. The molecule has 1 aliphatic rings. The number of hydrogen-bond acceptors (Lipinski definition) is 5. The summed E-state index contributed by atoms with van der Waals surface area (Å²) >= 11 is 5.86. The number of ether oxygens (including phenoxy) is 3. The first-order valence-electron chi connectivity index (χ1n) is 7.56. The van der Waals surface area contributed by atoms with Gasteiger partial charge < -0.3 is 14.2 Å². The first kappa shape index (κ1) is 17.2. The Morgan fingerprint density at radius 2 is 1.88 bits per heavy atom. The van der Waals surface area contributed by atoms with E-state index >= 15 is 0 Å². The molecule has 2 aromatic rings. The van der Waals surface area contributed by atoms with Crippen LogP contribution in [0.5, 0.6) is 11.5 Å². The largest absolute Gasteiger partial charge is 0.486 e. The highest BCUT2D eigenvalue weighted by Gasteiger charge is 2.17. The molecule has 0 fully saturated rings. The minimum absolute atomic E-state index is 0.0425. The number of benzene rings is 2. The molecule has 0 saturated carbocycles. The topological polar surface area (TPSA) is 61.8 Å². The number of esters is 1. The van der Waals surface area contributed by atoms with Gasteiger partial charge in [0, 0.05) is 16.1 Å². The second kappa shape index (κ2) is 7.53. The van der Waals surface area contributed by atoms with E-state index in [9.17, 15) is 14.0 Å². The van der Waals surface area contributed by atoms with Crippen molar-refractivity contribution in [2.24, 2.45) is 0 Å². The predicted molar refractivity (Wildman–Crippen MR) is 87.8 cm³/mol. The van der Waals surface area contributed by atoms with Gasteiger partial charge in [-0.05, 0) is 30.3 Å². The second-order valence-electron chi connectivity index (χ2n) is 5.32. The molecule has 0 aliphatic carbocycles. The molecular weight excluding hydrogens is 351 g/mol. The molecule has 0 amide bonds. The molecule has 3 rings (SSSR count). The summed E-state index contributed by atoms with van der Waals surface area (Å²) in [5.74, 6) is -0.694. The molecule has 0 atom stereocenters. The average molecular weight is 365 g/mol. The fourth-order valence-corrected chi connectivity index (χ4v) is 2.57. The van der Waals surface area contributed by atoms with Crippen LogP contribution >= 0.6 is 11.6 Å². The van der Waals surface area contributed by atoms with Crippen molar-refractivity contribution in [3.63, 3.8) is 0 Å². The van der Waals surface area contributed by atoms with Gasteiger partial charge in [0.15, 0.2) is 23.9 Å². The highest BCUT2D eigenvalue weighted by Crippen LogP contribution is 2.30. The molecule has 0 unspecified atom stereocenters. The van der Waals surface area contributed by atoms with E-state index in [-0.39, 0.29) is 17.0 Å². The Balaban J connectivity index is 1.59. The van der Waals surface area contributed by atoms with Crippen LogP contribution < -0.4 is 9.47 Å². The molecule has 1 aliphatic heterocycles. The number of Topliss-reactive ketones (excluding diaryl/α,β-unsaturated/α-hetero) is 1. The maximum absolute atomic E-state index is 13.7. The lowest BCUT2D eigenvalue weighted by Crippen LogP contribution is -2.18. The third kappa shape index (κ3) is 4.09. The number of carbonyl (C=O) groups excluding carboxylic acids is 2. The van der Waals surface area contributed by atoms with Crippen molar-refractivity contribution in [3.8, 4) is 11.5 Å². The van der Waals surface area contributed by atoms with E-state index in [0.717, 1.165) is 0 Å². The third-order valence-electron chi connectivity index (χ3n) is 3.61. The number of fused-ring (bicyclic) bond motifs is 1. The third-order valence-corrected chi connectivity index (χ3v) is 3.97. The van der Waals surface area contributed by atoms with E-state index in [1.165, 1.54) is 18.2 Å². The van der Waals surface area contributed by atoms with E-state index in [0.29, 0.717) is 30.3 Å². The van der Waals surface area contributed by atoms with Gasteiger partial charge in [0.25, 0.3) is 0 Å². The molecule has 2 aromatic carbocycles. The summed E-state index contributed by atoms with van der Waals surface area (Å²) < 4.78 is 29.4. The first-order valence-corrected chi connectivity index (χ1v) is 7.94. The lowest BCUT2D eigenvalue weighted by molar-refractivity contribution is -0.141. The second-order valence-corrected chi connectivity index (χ2v) is 5.73. The number of ketones is 1. The zero-order chi connectivity index (χ0) is 17.8. The van der Waals surface area contributed by atoms with Gasteiger partial charge in [0.05, 0.1) is 6.42 Å². The summed E-state index contributed by atoms with van der Waals surface area (Å²) in [4.78, 5) is 24.0. The van der Waals surface area contributed by atoms with Gasteiger partial charge in [0.1, 0.15) is 19.0 Å². The molecule has 0 aromatic heterocycles. The fourth-order valence-electron chi connectivity index (χ4n) is 2.34. The lowest BCUT2D eigenvalue weighted by atomic mass is 10.1. The van der Waals surface area contributed by atoms with Crippen molar-refractivity contribution in [3.05, 3.63) is 58.4 Å². The van der Waals surface area contributed by atoms with E-state index in [1.807, 2.05) is 0 Å². The summed E-state index contributed by atoms with van der Waals surface area (Å²) in [5, 5.41) is 0.134.